The zero-order valence-electron chi connectivity index (χ0n) is 8.05. The first-order chi connectivity index (χ1) is 6.34. The van der Waals surface area contributed by atoms with Crippen LogP contribution in [0.2, 0.25) is 0 Å². The molecular formula is C10H16N2O. The number of aromatic nitrogens is 1. The standard InChI is InChI=1S/C10H16N2O/c1-8-6-10(13-12-8)7-9-4-2-3-5-11-9/h6,9,11H,2-5,7H2,1H3. The van der Waals surface area contributed by atoms with E-state index in [1.807, 2.05) is 13.0 Å². The van der Waals surface area contributed by atoms with Crippen LogP contribution in [0, 0.1) is 6.92 Å². The summed E-state index contributed by atoms with van der Waals surface area (Å²) >= 11 is 0. The minimum atomic E-state index is 0.598. The Morgan fingerprint density at radius 2 is 2.54 bits per heavy atom. The maximum absolute atomic E-state index is 5.18. The van der Waals surface area contributed by atoms with Gasteiger partial charge in [-0.1, -0.05) is 11.6 Å². The van der Waals surface area contributed by atoms with E-state index in [-0.39, 0.29) is 0 Å². The van der Waals surface area contributed by atoms with E-state index in [4.69, 9.17) is 4.52 Å². The molecule has 0 aromatic carbocycles. The van der Waals surface area contributed by atoms with Crippen LogP contribution in [0.3, 0.4) is 0 Å². The van der Waals surface area contributed by atoms with Crippen molar-refractivity contribution in [2.75, 3.05) is 6.54 Å². The number of rotatable bonds is 2. The highest BCUT2D eigenvalue weighted by Gasteiger charge is 2.14. The molecule has 13 heavy (non-hydrogen) atoms. The molecule has 1 saturated heterocycles. The van der Waals surface area contributed by atoms with Crippen LogP contribution in [0.5, 0.6) is 0 Å². The van der Waals surface area contributed by atoms with E-state index >= 15 is 0 Å². The monoisotopic (exact) mass is 180 g/mol. The molecule has 1 atom stereocenters. The Balaban J connectivity index is 1.89. The Bertz CT molecular complexity index is 264. The average Bonchev–Trinajstić information content (AvgIpc) is 2.53. The van der Waals surface area contributed by atoms with Crippen LogP contribution >= 0.6 is 0 Å². The molecule has 0 saturated carbocycles. The summed E-state index contributed by atoms with van der Waals surface area (Å²) in [5.41, 5.74) is 0.978. The van der Waals surface area contributed by atoms with Gasteiger partial charge in [0.1, 0.15) is 5.76 Å². The largest absolute Gasteiger partial charge is 0.361 e. The third kappa shape index (κ3) is 2.31. The van der Waals surface area contributed by atoms with Gasteiger partial charge in [-0.2, -0.15) is 0 Å². The van der Waals surface area contributed by atoms with Crippen molar-refractivity contribution in [3.8, 4) is 0 Å². The Labute approximate surface area is 78.5 Å². The lowest BCUT2D eigenvalue weighted by atomic mass is 10.0. The Kier molecular flexibility index (Phi) is 2.64. The van der Waals surface area contributed by atoms with Crippen LogP contribution in [0.1, 0.15) is 30.7 Å². The number of hydrogen-bond donors (Lipinski definition) is 1. The SMILES string of the molecule is Cc1cc(CC2CCCCN2)on1. The van der Waals surface area contributed by atoms with Gasteiger partial charge in [0, 0.05) is 18.5 Å². The van der Waals surface area contributed by atoms with Gasteiger partial charge in [0.15, 0.2) is 0 Å². The summed E-state index contributed by atoms with van der Waals surface area (Å²) in [5.74, 6) is 1.01. The van der Waals surface area contributed by atoms with Gasteiger partial charge in [-0.3, -0.25) is 0 Å². The van der Waals surface area contributed by atoms with Gasteiger partial charge in [-0.15, -0.1) is 0 Å². The van der Waals surface area contributed by atoms with Crippen molar-refractivity contribution in [1.82, 2.24) is 10.5 Å². The fourth-order valence-corrected chi connectivity index (χ4v) is 1.85. The highest BCUT2D eigenvalue weighted by Crippen LogP contribution is 2.13. The van der Waals surface area contributed by atoms with E-state index in [1.54, 1.807) is 0 Å². The summed E-state index contributed by atoms with van der Waals surface area (Å²) in [6.07, 6.45) is 4.90. The summed E-state index contributed by atoms with van der Waals surface area (Å²) in [6, 6.07) is 2.62. The molecule has 1 aliphatic rings. The van der Waals surface area contributed by atoms with E-state index < -0.39 is 0 Å². The normalized spacial score (nSPS) is 23.3. The van der Waals surface area contributed by atoms with E-state index in [0.717, 1.165) is 24.4 Å². The van der Waals surface area contributed by atoms with Gasteiger partial charge in [-0.25, -0.2) is 0 Å². The topological polar surface area (TPSA) is 38.1 Å². The molecule has 1 fully saturated rings. The first kappa shape index (κ1) is 8.75. The van der Waals surface area contributed by atoms with Gasteiger partial charge in [0.05, 0.1) is 5.69 Å². The van der Waals surface area contributed by atoms with Gasteiger partial charge in [-0.05, 0) is 26.3 Å². The highest BCUT2D eigenvalue weighted by molar-refractivity contribution is 5.04. The molecule has 2 heterocycles. The maximum atomic E-state index is 5.18. The summed E-state index contributed by atoms with van der Waals surface area (Å²) < 4.78 is 5.18. The molecule has 0 amide bonds. The minimum absolute atomic E-state index is 0.598. The number of aryl methyl sites for hydroxylation is 1. The molecule has 0 bridgehead atoms. The smallest absolute Gasteiger partial charge is 0.138 e. The predicted molar refractivity (Wildman–Crippen MR) is 50.6 cm³/mol. The van der Waals surface area contributed by atoms with Gasteiger partial charge in [0.25, 0.3) is 0 Å². The average molecular weight is 180 g/mol. The first-order valence-corrected chi connectivity index (χ1v) is 5.00. The molecule has 0 aliphatic carbocycles. The van der Waals surface area contributed by atoms with Crippen molar-refractivity contribution in [2.24, 2.45) is 0 Å². The molecule has 3 heteroatoms. The summed E-state index contributed by atoms with van der Waals surface area (Å²) in [6.45, 7) is 3.11. The molecular weight excluding hydrogens is 164 g/mol. The molecule has 72 valence electrons. The Morgan fingerprint density at radius 1 is 1.62 bits per heavy atom. The van der Waals surface area contributed by atoms with Crippen molar-refractivity contribution < 1.29 is 4.52 Å². The molecule has 1 unspecified atom stereocenters. The quantitative estimate of drug-likeness (QED) is 0.752. The number of hydrogen-bond acceptors (Lipinski definition) is 3. The van der Waals surface area contributed by atoms with Crippen LogP contribution < -0.4 is 5.32 Å². The molecule has 1 aromatic rings. The van der Waals surface area contributed by atoms with Crippen LogP contribution in [0.4, 0.5) is 0 Å². The third-order valence-electron chi connectivity index (χ3n) is 2.54. The lowest BCUT2D eigenvalue weighted by molar-refractivity contribution is 0.335. The fraction of sp³-hybridized carbons (Fsp3) is 0.700. The number of nitrogens with one attached hydrogen (secondary N) is 1. The molecule has 0 spiro atoms. The van der Waals surface area contributed by atoms with Crippen LogP contribution in [0.25, 0.3) is 0 Å². The lowest BCUT2D eigenvalue weighted by Gasteiger charge is -2.21. The van der Waals surface area contributed by atoms with Crippen LogP contribution in [0.15, 0.2) is 10.6 Å². The zero-order valence-corrected chi connectivity index (χ0v) is 8.05. The molecule has 1 aromatic heterocycles. The summed E-state index contributed by atoms with van der Waals surface area (Å²) in [5, 5.41) is 7.37. The van der Waals surface area contributed by atoms with Crippen molar-refractivity contribution in [3.05, 3.63) is 17.5 Å². The minimum Gasteiger partial charge on any atom is -0.361 e. The van der Waals surface area contributed by atoms with Crippen molar-refractivity contribution in [1.29, 1.82) is 0 Å². The molecule has 0 radical (unpaired) electrons. The third-order valence-corrected chi connectivity index (χ3v) is 2.54. The van der Waals surface area contributed by atoms with Crippen molar-refractivity contribution >= 4 is 0 Å². The Morgan fingerprint density at radius 3 is 3.15 bits per heavy atom. The highest BCUT2D eigenvalue weighted by atomic mass is 16.5. The van der Waals surface area contributed by atoms with E-state index in [9.17, 15) is 0 Å². The van der Waals surface area contributed by atoms with Gasteiger partial charge < -0.3 is 9.84 Å². The first-order valence-electron chi connectivity index (χ1n) is 5.00. The second kappa shape index (κ2) is 3.92. The van der Waals surface area contributed by atoms with Crippen LogP contribution in [-0.4, -0.2) is 17.7 Å². The molecule has 3 nitrogen and oxygen atoms in total. The van der Waals surface area contributed by atoms with Gasteiger partial charge in [0.2, 0.25) is 0 Å². The summed E-state index contributed by atoms with van der Waals surface area (Å²) in [7, 11) is 0. The molecule has 1 N–H and O–H groups in total. The van der Waals surface area contributed by atoms with E-state index in [2.05, 4.69) is 10.5 Å². The lowest BCUT2D eigenvalue weighted by Crippen LogP contribution is -2.35. The zero-order chi connectivity index (χ0) is 9.10. The molecule has 2 rings (SSSR count). The van der Waals surface area contributed by atoms with Crippen molar-refractivity contribution in [2.45, 2.75) is 38.6 Å². The second-order valence-electron chi connectivity index (χ2n) is 3.79. The second-order valence-corrected chi connectivity index (χ2v) is 3.79. The van der Waals surface area contributed by atoms with E-state index in [1.165, 1.54) is 19.3 Å². The van der Waals surface area contributed by atoms with E-state index in [0.29, 0.717) is 6.04 Å². The fourth-order valence-electron chi connectivity index (χ4n) is 1.85. The number of nitrogens with zero attached hydrogens (tertiary/aromatic N) is 1. The maximum Gasteiger partial charge on any atom is 0.138 e. The van der Waals surface area contributed by atoms with Crippen LogP contribution in [-0.2, 0) is 6.42 Å². The van der Waals surface area contributed by atoms with Crippen molar-refractivity contribution in [3.63, 3.8) is 0 Å². The summed E-state index contributed by atoms with van der Waals surface area (Å²) in [4.78, 5) is 0. The number of piperidine rings is 1. The predicted octanol–water partition coefficient (Wildman–Crippen LogP) is 1.67. The Hall–Kier alpha value is -0.830. The van der Waals surface area contributed by atoms with Gasteiger partial charge >= 0.3 is 0 Å². The molecule has 1 aliphatic heterocycles.